The molecule has 1 heterocycles. The van der Waals surface area contributed by atoms with Gasteiger partial charge in [-0.3, -0.25) is 4.98 Å². The Balaban J connectivity index is 2.31. The maximum Gasteiger partial charge on any atom is 0.175 e. The normalized spacial score (nSPS) is 12.3. The van der Waals surface area contributed by atoms with Crippen LogP contribution in [0.15, 0.2) is 62.6 Å². The van der Waals surface area contributed by atoms with Crippen LogP contribution in [0, 0.1) is 0 Å². The second-order valence-electron chi connectivity index (χ2n) is 4.20. The van der Waals surface area contributed by atoms with E-state index in [1.807, 2.05) is 0 Å². The topological polar surface area (TPSA) is 106 Å². The van der Waals surface area contributed by atoms with Gasteiger partial charge in [-0.05, 0) is 30.3 Å². The van der Waals surface area contributed by atoms with E-state index >= 15 is 0 Å². The largest absolute Gasteiger partial charge is 0.409 e. The number of pyridine rings is 1. The van der Waals surface area contributed by atoms with Crippen molar-refractivity contribution in [1.82, 2.24) is 4.98 Å². The van der Waals surface area contributed by atoms with Gasteiger partial charge in [-0.15, -0.1) is 0 Å². The first-order valence-electron chi connectivity index (χ1n) is 5.81. The minimum absolute atomic E-state index is 0.00680. The van der Waals surface area contributed by atoms with E-state index in [9.17, 15) is 8.42 Å². The third kappa shape index (κ3) is 3.73. The van der Waals surface area contributed by atoms with Crippen molar-refractivity contribution >= 4 is 27.4 Å². The van der Waals surface area contributed by atoms with Crippen molar-refractivity contribution in [2.24, 2.45) is 10.9 Å². The number of benzene rings is 1. The number of hydrogen-bond acceptors (Lipinski definition) is 6. The summed E-state index contributed by atoms with van der Waals surface area (Å²) in [5, 5.41) is 11.8. The lowest BCUT2D eigenvalue weighted by Crippen LogP contribution is -2.14. The maximum absolute atomic E-state index is 11.4. The second-order valence-corrected chi connectivity index (χ2v) is 7.33. The molecule has 6 nitrogen and oxygen atoms in total. The highest BCUT2D eigenvalue weighted by atomic mass is 32.2. The van der Waals surface area contributed by atoms with Crippen LogP contribution < -0.4 is 5.73 Å². The molecule has 2 rings (SSSR count). The van der Waals surface area contributed by atoms with Crippen molar-refractivity contribution in [3.05, 3.63) is 48.3 Å². The van der Waals surface area contributed by atoms with Crippen LogP contribution in [0.1, 0.15) is 5.56 Å². The Morgan fingerprint density at radius 1 is 1.29 bits per heavy atom. The molecule has 0 atom stereocenters. The molecule has 1 aromatic carbocycles. The molecule has 8 heteroatoms. The van der Waals surface area contributed by atoms with Gasteiger partial charge in [0.15, 0.2) is 15.7 Å². The van der Waals surface area contributed by atoms with Gasteiger partial charge in [0.2, 0.25) is 0 Å². The molecule has 0 amide bonds. The molecule has 110 valence electrons. The van der Waals surface area contributed by atoms with Crippen LogP contribution in [0.3, 0.4) is 0 Å². The smallest absolute Gasteiger partial charge is 0.175 e. The van der Waals surface area contributed by atoms with Gasteiger partial charge in [0.05, 0.1) is 4.90 Å². The Bertz CT molecular complexity index is 772. The van der Waals surface area contributed by atoms with Gasteiger partial charge >= 0.3 is 0 Å². The molecular formula is C13H13N3O3S2. The van der Waals surface area contributed by atoms with Crippen LogP contribution >= 0.6 is 11.8 Å². The molecule has 0 saturated carbocycles. The molecule has 0 saturated heterocycles. The highest BCUT2D eigenvalue weighted by Crippen LogP contribution is 2.30. The first-order chi connectivity index (χ1) is 9.91. The van der Waals surface area contributed by atoms with Gasteiger partial charge in [-0.2, -0.15) is 0 Å². The number of oxime groups is 1. The molecule has 0 unspecified atom stereocenters. The minimum Gasteiger partial charge on any atom is -0.409 e. The van der Waals surface area contributed by atoms with Crippen LogP contribution in [0.4, 0.5) is 0 Å². The van der Waals surface area contributed by atoms with Crippen molar-refractivity contribution in [3.8, 4) is 0 Å². The van der Waals surface area contributed by atoms with E-state index in [2.05, 4.69) is 10.1 Å². The van der Waals surface area contributed by atoms with Crippen molar-refractivity contribution in [2.45, 2.75) is 14.7 Å². The van der Waals surface area contributed by atoms with Crippen LogP contribution in [-0.2, 0) is 9.84 Å². The average molecular weight is 323 g/mol. The van der Waals surface area contributed by atoms with Crippen molar-refractivity contribution in [3.63, 3.8) is 0 Å². The Labute approximate surface area is 126 Å². The first-order valence-corrected chi connectivity index (χ1v) is 8.52. The lowest BCUT2D eigenvalue weighted by atomic mass is 10.2. The summed E-state index contributed by atoms with van der Waals surface area (Å²) in [4.78, 5) is 5.79. The van der Waals surface area contributed by atoms with Gasteiger partial charge < -0.3 is 10.9 Å². The number of sulfone groups is 1. The molecule has 0 spiro atoms. The summed E-state index contributed by atoms with van der Waals surface area (Å²) in [5.74, 6) is -0.00680. The molecule has 1 aromatic heterocycles. The SMILES string of the molecule is CS(=O)(=O)c1ccc(Sc2cnccc2/C(N)=N/O)cc1. The third-order valence-corrected chi connectivity index (χ3v) is 4.83. The predicted molar refractivity (Wildman–Crippen MR) is 80.4 cm³/mol. The molecule has 0 bridgehead atoms. The van der Waals surface area contributed by atoms with Crippen LogP contribution in [0.2, 0.25) is 0 Å². The minimum atomic E-state index is -3.21. The highest BCUT2D eigenvalue weighted by Gasteiger charge is 2.10. The standard InChI is InChI=1S/C13H13N3O3S2/c1-21(18,19)10-4-2-9(3-5-10)20-12-8-15-7-6-11(12)13(14)16-17/h2-8,17H,1H3,(H2,14,16). The Hall–Kier alpha value is -2.06. The zero-order chi connectivity index (χ0) is 15.5. The fraction of sp³-hybridized carbons (Fsp3) is 0.0769. The Kier molecular flexibility index (Phi) is 4.49. The summed E-state index contributed by atoms with van der Waals surface area (Å²) in [6.07, 6.45) is 4.31. The molecule has 21 heavy (non-hydrogen) atoms. The van der Waals surface area contributed by atoms with Crippen LogP contribution in [0.25, 0.3) is 0 Å². The van der Waals surface area contributed by atoms with E-state index in [0.29, 0.717) is 10.5 Å². The summed E-state index contributed by atoms with van der Waals surface area (Å²) < 4.78 is 22.8. The molecule has 3 N–H and O–H groups in total. The third-order valence-electron chi connectivity index (χ3n) is 2.65. The number of nitrogens with zero attached hydrogens (tertiary/aromatic N) is 2. The molecule has 0 aliphatic rings. The lowest BCUT2D eigenvalue weighted by Gasteiger charge is -2.07. The quantitative estimate of drug-likeness (QED) is 0.384. The zero-order valence-corrected chi connectivity index (χ0v) is 12.7. The lowest BCUT2D eigenvalue weighted by molar-refractivity contribution is 0.318. The first kappa shape index (κ1) is 15.3. The van der Waals surface area contributed by atoms with Gasteiger partial charge in [-0.1, -0.05) is 16.9 Å². The number of aromatic nitrogens is 1. The van der Waals surface area contributed by atoms with E-state index in [0.717, 1.165) is 11.2 Å². The molecule has 0 aliphatic heterocycles. The number of amidine groups is 1. The molecular weight excluding hydrogens is 310 g/mol. The van der Waals surface area contributed by atoms with Crippen LogP contribution in [-0.4, -0.2) is 30.7 Å². The summed E-state index contributed by atoms with van der Waals surface area (Å²) in [7, 11) is -3.21. The molecule has 0 radical (unpaired) electrons. The summed E-state index contributed by atoms with van der Waals surface area (Å²) in [6.45, 7) is 0. The fourth-order valence-corrected chi connectivity index (χ4v) is 3.16. The van der Waals surface area contributed by atoms with Crippen LogP contribution in [0.5, 0.6) is 0 Å². The fourth-order valence-electron chi connectivity index (χ4n) is 1.61. The van der Waals surface area contributed by atoms with Gasteiger partial charge in [0.1, 0.15) is 0 Å². The van der Waals surface area contributed by atoms with E-state index < -0.39 is 9.84 Å². The average Bonchev–Trinajstić information content (AvgIpc) is 2.46. The van der Waals surface area contributed by atoms with E-state index in [1.165, 1.54) is 23.9 Å². The van der Waals surface area contributed by atoms with E-state index in [4.69, 9.17) is 10.9 Å². The summed E-state index contributed by atoms with van der Waals surface area (Å²) in [5.41, 5.74) is 6.17. The Morgan fingerprint density at radius 2 is 1.95 bits per heavy atom. The van der Waals surface area contributed by atoms with Gasteiger partial charge in [0, 0.05) is 34.0 Å². The number of hydrogen-bond donors (Lipinski definition) is 2. The number of rotatable bonds is 4. The van der Waals surface area contributed by atoms with E-state index in [-0.39, 0.29) is 10.7 Å². The zero-order valence-electron chi connectivity index (χ0n) is 11.1. The van der Waals surface area contributed by atoms with Crippen molar-refractivity contribution in [2.75, 3.05) is 6.26 Å². The number of nitrogens with two attached hydrogens (primary N) is 1. The van der Waals surface area contributed by atoms with Crippen molar-refractivity contribution in [1.29, 1.82) is 0 Å². The second kappa shape index (κ2) is 6.15. The Morgan fingerprint density at radius 3 is 2.52 bits per heavy atom. The molecule has 2 aromatic rings. The molecule has 0 fully saturated rings. The van der Waals surface area contributed by atoms with Crippen molar-refractivity contribution < 1.29 is 13.6 Å². The highest BCUT2D eigenvalue weighted by molar-refractivity contribution is 7.99. The van der Waals surface area contributed by atoms with E-state index in [1.54, 1.807) is 30.6 Å². The van der Waals surface area contributed by atoms with Gasteiger partial charge in [-0.25, -0.2) is 8.42 Å². The maximum atomic E-state index is 11.4. The van der Waals surface area contributed by atoms with Gasteiger partial charge in [0.25, 0.3) is 0 Å². The monoisotopic (exact) mass is 323 g/mol. The summed E-state index contributed by atoms with van der Waals surface area (Å²) in [6, 6.07) is 8.12. The summed E-state index contributed by atoms with van der Waals surface area (Å²) >= 11 is 1.35. The molecule has 0 aliphatic carbocycles. The predicted octanol–water partition coefficient (Wildman–Crippen LogP) is 1.73.